The van der Waals surface area contributed by atoms with Crippen LogP contribution in [-0.4, -0.2) is 36.4 Å². The summed E-state index contributed by atoms with van der Waals surface area (Å²) in [6.45, 7) is 7.30. The third kappa shape index (κ3) is 7.88. The fourth-order valence-electron chi connectivity index (χ4n) is 2.73. The van der Waals surface area contributed by atoms with Gasteiger partial charge in [-0.05, 0) is 44.0 Å². The Balaban J connectivity index is 0.00000392. The van der Waals surface area contributed by atoms with Crippen molar-refractivity contribution in [2.45, 2.75) is 39.4 Å². The summed E-state index contributed by atoms with van der Waals surface area (Å²) in [5.41, 5.74) is 2.67. The summed E-state index contributed by atoms with van der Waals surface area (Å²) in [4.78, 5) is 18.8. The van der Waals surface area contributed by atoms with Gasteiger partial charge in [0, 0.05) is 38.3 Å². The lowest BCUT2D eigenvalue weighted by Crippen LogP contribution is -2.40. The number of aliphatic imine (C=N–C) groups is 1. The Bertz CT molecular complexity index is 785. The van der Waals surface area contributed by atoms with Crippen molar-refractivity contribution in [3.8, 4) is 0 Å². The highest BCUT2D eigenvalue weighted by atomic mass is 127. The highest BCUT2D eigenvalue weighted by Gasteiger charge is 2.15. The third-order valence-electron chi connectivity index (χ3n) is 3.96. The Morgan fingerprint density at radius 2 is 1.68 bits per heavy atom. The summed E-state index contributed by atoms with van der Waals surface area (Å²) in [6, 6.07) is 17.9. The third-order valence-corrected chi connectivity index (χ3v) is 3.96. The quantitative estimate of drug-likeness (QED) is 0.375. The Morgan fingerprint density at radius 3 is 2.29 bits per heavy atom. The number of guanidine groups is 1. The van der Waals surface area contributed by atoms with Gasteiger partial charge in [-0.1, -0.05) is 42.5 Å². The van der Waals surface area contributed by atoms with E-state index in [1.165, 1.54) is 5.56 Å². The second kappa shape index (κ2) is 11.0. The number of benzene rings is 2. The molecule has 2 N–H and O–H groups in total. The molecular weight excluding hydrogens is 463 g/mol. The van der Waals surface area contributed by atoms with Gasteiger partial charge in [0.15, 0.2) is 5.96 Å². The summed E-state index contributed by atoms with van der Waals surface area (Å²) in [6.07, 6.45) is 0. The lowest BCUT2D eigenvalue weighted by molar-refractivity contribution is 0.0919. The van der Waals surface area contributed by atoms with Gasteiger partial charge >= 0.3 is 0 Å². The molecule has 0 spiro atoms. The van der Waals surface area contributed by atoms with Gasteiger partial charge in [0.2, 0.25) is 0 Å². The molecule has 2 aromatic rings. The van der Waals surface area contributed by atoms with Crippen LogP contribution in [0.4, 0.5) is 0 Å². The number of carbonyl (C=O) groups excluding carboxylic acids is 1. The topological polar surface area (TPSA) is 56.7 Å². The highest BCUT2D eigenvalue weighted by molar-refractivity contribution is 14.0. The zero-order valence-corrected chi connectivity index (χ0v) is 19.7. The van der Waals surface area contributed by atoms with Gasteiger partial charge in [0.05, 0.1) is 0 Å². The zero-order valence-electron chi connectivity index (χ0n) is 17.3. The molecule has 0 bridgehead atoms. The number of hydrogen-bond donors (Lipinski definition) is 2. The van der Waals surface area contributed by atoms with Crippen molar-refractivity contribution >= 4 is 35.8 Å². The number of rotatable bonds is 5. The summed E-state index contributed by atoms with van der Waals surface area (Å²) in [5, 5.41) is 6.36. The number of amides is 1. The number of hydrogen-bond acceptors (Lipinski definition) is 2. The fraction of sp³-hybridized carbons (Fsp3) is 0.364. The molecule has 0 saturated heterocycles. The van der Waals surface area contributed by atoms with Crippen molar-refractivity contribution in [2.75, 3.05) is 14.1 Å². The van der Waals surface area contributed by atoms with E-state index in [0.29, 0.717) is 12.1 Å². The average molecular weight is 494 g/mol. The molecule has 5 nitrogen and oxygen atoms in total. The molecule has 1 amide bonds. The first kappa shape index (κ1) is 23.9. The van der Waals surface area contributed by atoms with Crippen molar-refractivity contribution in [1.82, 2.24) is 15.5 Å². The van der Waals surface area contributed by atoms with E-state index in [1.54, 1.807) is 7.05 Å². The SMILES string of the molecule is CN=C(NCc1cccc(C(=O)NC(C)(C)C)c1)N(C)Cc1ccccc1.I. The van der Waals surface area contributed by atoms with Crippen molar-refractivity contribution in [3.63, 3.8) is 0 Å². The van der Waals surface area contributed by atoms with Gasteiger partial charge in [-0.2, -0.15) is 0 Å². The van der Waals surface area contributed by atoms with E-state index in [1.807, 2.05) is 70.3 Å². The molecule has 2 rings (SSSR count). The fourth-order valence-corrected chi connectivity index (χ4v) is 2.73. The average Bonchev–Trinajstić information content (AvgIpc) is 2.62. The molecule has 0 unspecified atom stereocenters. The first-order chi connectivity index (χ1) is 12.8. The van der Waals surface area contributed by atoms with E-state index >= 15 is 0 Å². The molecule has 0 aliphatic rings. The van der Waals surface area contributed by atoms with E-state index in [4.69, 9.17) is 0 Å². The largest absolute Gasteiger partial charge is 0.352 e. The minimum atomic E-state index is -0.256. The number of nitrogens with zero attached hydrogens (tertiary/aromatic N) is 2. The Morgan fingerprint density at radius 1 is 1.04 bits per heavy atom. The van der Waals surface area contributed by atoms with E-state index < -0.39 is 0 Å². The minimum Gasteiger partial charge on any atom is -0.352 e. The van der Waals surface area contributed by atoms with E-state index in [-0.39, 0.29) is 35.4 Å². The standard InChI is InChI=1S/C22H30N4O.HI/c1-22(2,3)25-20(27)19-13-9-12-18(14-19)15-24-21(23-4)26(5)16-17-10-7-6-8-11-17;/h6-14H,15-16H2,1-5H3,(H,23,24)(H,25,27);1H. The zero-order chi connectivity index (χ0) is 19.9. The minimum absolute atomic E-state index is 0. The maximum atomic E-state index is 12.4. The highest BCUT2D eigenvalue weighted by Crippen LogP contribution is 2.09. The van der Waals surface area contributed by atoms with Crippen molar-refractivity contribution in [1.29, 1.82) is 0 Å². The van der Waals surface area contributed by atoms with Gasteiger partial charge < -0.3 is 15.5 Å². The maximum absolute atomic E-state index is 12.4. The van der Waals surface area contributed by atoms with Crippen molar-refractivity contribution in [3.05, 3.63) is 71.3 Å². The van der Waals surface area contributed by atoms with Crippen LogP contribution in [0, 0.1) is 0 Å². The van der Waals surface area contributed by atoms with Crippen LogP contribution in [0.5, 0.6) is 0 Å². The van der Waals surface area contributed by atoms with Gasteiger partial charge in [-0.3, -0.25) is 9.79 Å². The summed E-state index contributed by atoms with van der Waals surface area (Å²) < 4.78 is 0. The van der Waals surface area contributed by atoms with Crippen LogP contribution in [0.25, 0.3) is 0 Å². The number of halogens is 1. The number of carbonyl (C=O) groups is 1. The molecule has 0 aliphatic heterocycles. The molecule has 0 aromatic heterocycles. The summed E-state index contributed by atoms with van der Waals surface area (Å²) >= 11 is 0. The van der Waals surface area contributed by atoms with E-state index in [2.05, 4.69) is 32.7 Å². The Labute approximate surface area is 185 Å². The normalized spacial score (nSPS) is 11.4. The van der Waals surface area contributed by atoms with Crippen molar-refractivity contribution < 1.29 is 4.79 Å². The predicted octanol–water partition coefficient (Wildman–Crippen LogP) is 4.04. The summed E-state index contributed by atoms with van der Waals surface area (Å²) in [7, 11) is 3.78. The molecule has 0 radical (unpaired) electrons. The molecular formula is C22H31IN4O. The van der Waals surface area contributed by atoms with Crippen molar-refractivity contribution in [2.24, 2.45) is 4.99 Å². The van der Waals surface area contributed by atoms with Gasteiger partial charge in [0.25, 0.3) is 5.91 Å². The maximum Gasteiger partial charge on any atom is 0.251 e. The van der Waals surface area contributed by atoms with Crippen LogP contribution >= 0.6 is 24.0 Å². The predicted molar refractivity (Wildman–Crippen MR) is 127 cm³/mol. The van der Waals surface area contributed by atoms with Crippen LogP contribution < -0.4 is 10.6 Å². The van der Waals surface area contributed by atoms with Crippen LogP contribution in [-0.2, 0) is 13.1 Å². The Hall–Kier alpha value is -2.09. The molecule has 0 fully saturated rings. The monoisotopic (exact) mass is 494 g/mol. The lowest BCUT2D eigenvalue weighted by atomic mass is 10.1. The van der Waals surface area contributed by atoms with Crippen LogP contribution in [0.1, 0.15) is 42.3 Å². The first-order valence-corrected chi connectivity index (χ1v) is 9.15. The smallest absolute Gasteiger partial charge is 0.251 e. The molecule has 152 valence electrons. The van der Waals surface area contributed by atoms with E-state index in [0.717, 1.165) is 18.1 Å². The van der Waals surface area contributed by atoms with Crippen LogP contribution in [0.15, 0.2) is 59.6 Å². The second-order valence-corrected chi connectivity index (χ2v) is 7.65. The molecule has 0 aliphatic carbocycles. The van der Waals surface area contributed by atoms with Gasteiger partial charge in [0.1, 0.15) is 0 Å². The van der Waals surface area contributed by atoms with Crippen LogP contribution in [0.2, 0.25) is 0 Å². The first-order valence-electron chi connectivity index (χ1n) is 9.15. The molecule has 2 aromatic carbocycles. The lowest BCUT2D eigenvalue weighted by Gasteiger charge is -2.22. The van der Waals surface area contributed by atoms with Gasteiger partial charge in [-0.25, -0.2) is 0 Å². The molecule has 6 heteroatoms. The summed E-state index contributed by atoms with van der Waals surface area (Å²) in [5.74, 6) is 0.748. The number of nitrogens with one attached hydrogen (secondary N) is 2. The molecule has 0 heterocycles. The van der Waals surface area contributed by atoms with Crippen LogP contribution in [0.3, 0.4) is 0 Å². The van der Waals surface area contributed by atoms with E-state index in [9.17, 15) is 4.79 Å². The molecule has 28 heavy (non-hydrogen) atoms. The Kier molecular flexibility index (Phi) is 9.45. The van der Waals surface area contributed by atoms with Gasteiger partial charge in [-0.15, -0.1) is 24.0 Å². The molecule has 0 atom stereocenters. The second-order valence-electron chi connectivity index (χ2n) is 7.65. The molecule has 0 saturated carbocycles.